The summed E-state index contributed by atoms with van der Waals surface area (Å²) in [7, 11) is 1.63. The molecule has 0 atom stereocenters. The van der Waals surface area contributed by atoms with Crippen molar-refractivity contribution in [2.45, 2.75) is 20.8 Å². The number of anilines is 3. The topological polar surface area (TPSA) is 32.8 Å². The molecule has 0 radical (unpaired) electrons. The highest BCUT2D eigenvalue weighted by molar-refractivity contribution is 5.99. The summed E-state index contributed by atoms with van der Waals surface area (Å²) in [4.78, 5) is 16.1. The van der Waals surface area contributed by atoms with Crippen LogP contribution in [0.3, 0.4) is 0 Å². The summed E-state index contributed by atoms with van der Waals surface area (Å²) in [6, 6.07) is 15.6. The van der Waals surface area contributed by atoms with E-state index in [0.717, 1.165) is 35.9 Å². The number of carbonyl (C=O) groups excluding carboxylic acids is 1. The van der Waals surface area contributed by atoms with Crippen LogP contribution in [-0.2, 0) is 4.79 Å². The van der Waals surface area contributed by atoms with Gasteiger partial charge in [-0.15, -0.1) is 0 Å². The van der Waals surface area contributed by atoms with E-state index in [9.17, 15) is 4.79 Å². The molecule has 0 N–H and O–H groups in total. The minimum absolute atomic E-state index is 0.0224. The fraction of sp³-hybridized carbons (Fsp3) is 0.316. The Kier molecular flexibility index (Phi) is 5.63. The van der Waals surface area contributed by atoms with Gasteiger partial charge < -0.3 is 9.64 Å². The molecule has 0 heterocycles. The summed E-state index contributed by atoms with van der Waals surface area (Å²) in [6.45, 7) is 7.77. The average molecular weight is 312 g/mol. The molecular formula is C19H24N2O2. The molecule has 0 spiro atoms. The van der Waals surface area contributed by atoms with Gasteiger partial charge in [0.2, 0.25) is 5.91 Å². The summed E-state index contributed by atoms with van der Waals surface area (Å²) in [5, 5.41) is 0. The number of nitrogens with zero attached hydrogens (tertiary/aromatic N) is 2. The van der Waals surface area contributed by atoms with Crippen molar-refractivity contribution < 1.29 is 9.53 Å². The number of amides is 1. The molecule has 2 aromatic rings. The van der Waals surface area contributed by atoms with E-state index >= 15 is 0 Å². The molecule has 0 aliphatic heterocycles. The third-order valence-corrected chi connectivity index (χ3v) is 3.88. The molecule has 0 saturated heterocycles. The second kappa shape index (κ2) is 7.68. The minimum Gasteiger partial charge on any atom is -0.497 e. The minimum atomic E-state index is -0.0224. The zero-order chi connectivity index (χ0) is 16.8. The summed E-state index contributed by atoms with van der Waals surface area (Å²) in [5.41, 5.74) is 2.85. The van der Waals surface area contributed by atoms with Gasteiger partial charge in [-0.3, -0.25) is 9.69 Å². The lowest BCUT2D eigenvalue weighted by atomic mass is 10.2. The van der Waals surface area contributed by atoms with E-state index in [1.807, 2.05) is 36.4 Å². The molecule has 0 fully saturated rings. The molecule has 0 aliphatic carbocycles. The highest BCUT2D eigenvalue weighted by Crippen LogP contribution is 2.29. The van der Waals surface area contributed by atoms with Crippen LogP contribution in [0.5, 0.6) is 5.75 Å². The van der Waals surface area contributed by atoms with Crippen molar-refractivity contribution in [3.8, 4) is 5.75 Å². The largest absolute Gasteiger partial charge is 0.497 e. The number of ether oxygens (including phenoxy) is 1. The van der Waals surface area contributed by atoms with Crippen molar-refractivity contribution >= 4 is 23.0 Å². The Morgan fingerprint density at radius 1 is 0.870 bits per heavy atom. The van der Waals surface area contributed by atoms with Gasteiger partial charge in [-0.2, -0.15) is 0 Å². The maximum Gasteiger partial charge on any atom is 0.228 e. The molecular weight excluding hydrogens is 288 g/mol. The van der Waals surface area contributed by atoms with Gasteiger partial charge in [-0.25, -0.2) is 0 Å². The molecule has 4 nitrogen and oxygen atoms in total. The lowest BCUT2D eigenvalue weighted by molar-refractivity contribution is -0.115. The SMILES string of the molecule is CCN(CC)c1ccc(N(C(C)=O)c2ccc(OC)cc2)cc1. The molecule has 0 unspecified atom stereocenters. The van der Waals surface area contributed by atoms with Crippen LogP contribution in [0, 0.1) is 0 Å². The van der Waals surface area contributed by atoms with Gasteiger partial charge in [0.05, 0.1) is 7.11 Å². The lowest BCUT2D eigenvalue weighted by Gasteiger charge is -2.24. The summed E-state index contributed by atoms with van der Waals surface area (Å²) < 4.78 is 5.17. The standard InChI is InChI=1S/C19H24N2O2/c1-5-20(6-2)16-7-9-17(10-8-16)21(15(3)22)18-11-13-19(23-4)14-12-18/h7-14H,5-6H2,1-4H3. The Labute approximate surface area is 138 Å². The second-order valence-electron chi connectivity index (χ2n) is 5.24. The van der Waals surface area contributed by atoms with Gasteiger partial charge in [-0.05, 0) is 62.4 Å². The maximum absolute atomic E-state index is 12.1. The first kappa shape index (κ1) is 16.9. The van der Waals surface area contributed by atoms with Gasteiger partial charge in [0.15, 0.2) is 0 Å². The van der Waals surface area contributed by atoms with Crippen LogP contribution in [-0.4, -0.2) is 26.1 Å². The molecule has 2 rings (SSSR count). The number of benzene rings is 2. The van der Waals surface area contributed by atoms with E-state index in [1.54, 1.807) is 18.9 Å². The molecule has 0 aromatic heterocycles. The third-order valence-electron chi connectivity index (χ3n) is 3.88. The van der Waals surface area contributed by atoms with Crippen molar-refractivity contribution in [1.82, 2.24) is 0 Å². The van der Waals surface area contributed by atoms with Crippen LogP contribution in [0.2, 0.25) is 0 Å². The molecule has 23 heavy (non-hydrogen) atoms. The van der Waals surface area contributed by atoms with E-state index < -0.39 is 0 Å². The Balaban J connectivity index is 2.32. The van der Waals surface area contributed by atoms with Crippen molar-refractivity contribution in [2.75, 3.05) is 30.0 Å². The van der Waals surface area contributed by atoms with E-state index in [1.165, 1.54) is 0 Å². The fourth-order valence-electron chi connectivity index (χ4n) is 2.65. The van der Waals surface area contributed by atoms with Gasteiger partial charge >= 0.3 is 0 Å². The summed E-state index contributed by atoms with van der Waals surface area (Å²) in [5.74, 6) is 0.750. The first-order valence-corrected chi connectivity index (χ1v) is 7.90. The smallest absolute Gasteiger partial charge is 0.228 e. The van der Waals surface area contributed by atoms with E-state index in [2.05, 4.69) is 30.9 Å². The van der Waals surface area contributed by atoms with E-state index in [4.69, 9.17) is 4.74 Å². The highest BCUT2D eigenvalue weighted by Gasteiger charge is 2.14. The predicted molar refractivity (Wildman–Crippen MR) is 95.8 cm³/mol. The Morgan fingerprint density at radius 3 is 1.70 bits per heavy atom. The summed E-state index contributed by atoms with van der Waals surface area (Å²) >= 11 is 0. The van der Waals surface area contributed by atoms with Gasteiger partial charge in [0, 0.05) is 37.1 Å². The molecule has 0 aliphatic rings. The maximum atomic E-state index is 12.1. The predicted octanol–water partition coefficient (Wildman–Crippen LogP) is 4.23. The van der Waals surface area contributed by atoms with Gasteiger partial charge in [0.1, 0.15) is 5.75 Å². The zero-order valence-corrected chi connectivity index (χ0v) is 14.2. The van der Waals surface area contributed by atoms with Gasteiger partial charge in [-0.1, -0.05) is 0 Å². The van der Waals surface area contributed by atoms with Crippen molar-refractivity contribution in [1.29, 1.82) is 0 Å². The number of carbonyl (C=O) groups is 1. The molecule has 122 valence electrons. The average Bonchev–Trinajstić information content (AvgIpc) is 2.58. The Hall–Kier alpha value is -2.49. The molecule has 2 aromatic carbocycles. The van der Waals surface area contributed by atoms with Crippen LogP contribution >= 0.6 is 0 Å². The number of hydrogen-bond donors (Lipinski definition) is 0. The normalized spacial score (nSPS) is 10.3. The molecule has 1 amide bonds. The Morgan fingerprint density at radius 2 is 1.30 bits per heavy atom. The number of hydrogen-bond acceptors (Lipinski definition) is 3. The van der Waals surface area contributed by atoms with Crippen LogP contribution in [0.4, 0.5) is 17.1 Å². The molecule has 4 heteroatoms. The molecule has 0 bridgehead atoms. The van der Waals surface area contributed by atoms with Crippen molar-refractivity contribution in [3.05, 3.63) is 48.5 Å². The zero-order valence-electron chi connectivity index (χ0n) is 14.2. The van der Waals surface area contributed by atoms with E-state index in [-0.39, 0.29) is 5.91 Å². The fourth-order valence-corrected chi connectivity index (χ4v) is 2.65. The third kappa shape index (κ3) is 3.83. The highest BCUT2D eigenvalue weighted by atomic mass is 16.5. The van der Waals surface area contributed by atoms with Crippen molar-refractivity contribution in [3.63, 3.8) is 0 Å². The lowest BCUT2D eigenvalue weighted by Crippen LogP contribution is -2.24. The quantitative estimate of drug-likeness (QED) is 0.800. The Bertz CT molecular complexity index is 631. The monoisotopic (exact) mass is 312 g/mol. The number of rotatable bonds is 6. The van der Waals surface area contributed by atoms with Gasteiger partial charge in [0.25, 0.3) is 0 Å². The van der Waals surface area contributed by atoms with Crippen LogP contribution < -0.4 is 14.5 Å². The second-order valence-corrected chi connectivity index (χ2v) is 5.24. The molecule has 0 saturated carbocycles. The number of methoxy groups -OCH3 is 1. The van der Waals surface area contributed by atoms with Crippen LogP contribution in [0.25, 0.3) is 0 Å². The van der Waals surface area contributed by atoms with Crippen molar-refractivity contribution in [2.24, 2.45) is 0 Å². The van der Waals surface area contributed by atoms with Crippen LogP contribution in [0.15, 0.2) is 48.5 Å². The summed E-state index contributed by atoms with van der Waals surface area (Å²) in [6.07, 6.45) is 0. The van der Waals surface area contributed by atoms with E-state index in [0.29, 0.717) is 0 Å². The first-order chi connectivity index (χ1) is 11.1. The first-order valence-electron chi connectivity index (χ1n) is 7.90. The van der Waals surface area contributed by atoms with Crippen LogP contribution in [0.1, 0.15) is 20.8 Å².